The molecule has 0 atom stereocenters. The van der Waals surface area contributed by atoms with E-state index in [9.17, 15) is 4.79 Å². The fraction of sp³-hybridized carbons (Fsp3) is 0.231. The number of carboxylic acid groups (broad SMARTS) is 1. The average Bonchev–Trinajstić information content (AvgIpc) is 2.61. The van der Waals surface area contributed by atoms with Crippen molar-refractivity contribution in [3.05, 3.63) is 45.7 Å². The van der Waals surface area contributed by atoms with Gasteiger partial charge in [-0.25, -0.2) is 4.79 Å². The fourth-order valence-electron chi connectivity index (χ4n) is 1.75. The summed E-state index contributed by atoms with van der Waals surface area (Å²) in [6.07, 6.45) is 0. The summed E-state index contributed by atoms with van der Waals surface area (Å²) in [5, 5.41) is 13.3. The molecule has 1 N–H and O–H groups in total. The smallest absolute Gasteiger partial charge is 0.339 e. The summed E-state index contributed by atoms with van der Waals surface area (Å²) in [7, 11) is 1.82. The zero-order chi connectivity index (χ0) is 14.0. The van der Waals surface area contributed by atoms with Gasteiger partial charge in [0.1, 0.15) is 17.9 Å². The lowest BCUT2D eigenvalue weighted by Crippen LogP contribution is -2.06. The van der Waals surface area contributed by atoms with E-state index in [0.717, 1.165) is 15.9 Å². The van der Waals surface area contributed by atoms with Crippen LogP contribution in [0.1, 0.15) is 21.7 Å². The van der Waals surface area contributed by atoms with Crippen molar-refractivity contribution >= 4 is 21.9 Å². The van der Waals surface area contributed by atoms with Gasteiger partial charge in [0.15, 0.2) is 0 Å². The van der Waals surface area contributed by atoms with Crippen LogP contribution in [-0.4, -0.2) is 20.9 Å². The van der Waals surface area contributed by atoms with Gasteiger partial charge in [0.2, 0.25) is 0 Å². The van der Waals surface area contributed by atoms with Gasteiger partial charge in [-0.3, -0.25) is 4.68 Å². The number of para-hydroxylation sites is 1. The quantitative estimate of drug-likeness (QED) is 0.939. The van der Waals surface area contributed by atoms with Crippen molar-refractivity contribution in [2.45, 2.75) is 13.5 Å². The van der Waals surface area contributed by atoms with Crippen LogP contribution in [0.15, 0.2) is 28.7 Å². The van der Waals surface area contributed by atoms with Crippen molar-refractivity contribution in [2.24, 2.45) is 7.05 Å². The van der Waals surface area contributed by atoms with E-state index in [2.05, 4.69) is 21.0 Å². The highest BCUT2D eigenvalue weighted by Crippen LogP contribution is 2.24. The summed E-state index contributed by atoms with van der Waals surface area (Å²) >= 11 is 3.44. The molecular formula is C13H13BrN2O3. The van der Waals surface area contributed by atoms with Crippen LogP contribution in [0.5, 0.6) is 5.75 Å². The van der Waals surface area contributed by atoms with E-state index in [1.54, 1.807) is 22.9 Å². The number of halogens is 1. The third-order valence-corrected chi connectivity index (χ3v) is 3.78. The molecule has 0 fully saturated rings. The summed E-state index contributed by atoms with van der Waals surface area (Å²) in [5.74, 6) is -0.656. The van der Waals surface area contributed by atoms with Gasteiger partial charge in [-0.2, -0.15) is 5.10 Å². The third-order valence-electron chi connectivity index (χ3n) is 2.74. The normalized spacial score (nSPS) is 10.5. The molecule has 0 aliphatic rings. The molecule has 1 aromatic heterocycles. The maximum atomic E-state index is 11.1. The molecule has 0 radical (unpaired) electrons. The first-order valence-electron chi connectivity index (χ1n) is 5.63. The fourth-order valence-corrected chi connectivity index (χ4v) is 2.20. The molecule has 2 rings (SSSR count). The molecular weight excluding hydrogens is 312 g/mol. The maximum absolute atomic E-state index is 11.1. The first-order valence-corrected chi connectivity index (χ1v) is 6.43. The molecule has 19 heavy (non-hydrogen) atoms. The Morgan fingerprint density at radius 3 is 2.74 bits per heavy atom. The Morgan fingerprint density at radius 1 is 1.47 bits per heavy atom. The Kier molecular flexibility index (Phi) is 3.90. The molecule has 0 saturated heterocycles. The number of aryl methyl sites for hydroxylation is 2. The van der Waals surface area contributed by atoms with Crippen LogP contribution in [-0.2, 0) is 13.7 Å². The molecule has 0 bridgehead atoms. The number of nitrogens with zero attached hydrogens (tertiary/aromatic N) is 2. The van der Waals surface area contributed by atoms with Crippen molar-refractivity contribution in [3.63, 3.8) is 0 Å². The molecule has 0 aliphatic carbocycles. The van der Waals surface area contributed by atoms with Gasteiger partial charge >= 0.3 is 5.97 Å². The number of ether oxygens (including phenoxy) is 1. The molecule has 1 aromatic carbocycles. The Bertz CT molecular complexity index is 622. The van der Waals surface area contributed by atoms with Crippen LogP contribution >= 0.6 is 15.9 Å². The standard InChI is InChI=1S/C13H13BrN2O3/c1-8-12(14)10(16(2)15-8)7-19-11-6-4-3-5-9(11)13(17)18/h3-6H,7H2,1-2H3,(H,17,18). The van der Waals surface area contributed by atoms with E-state index in [1.165, 1.54) is 6.07 Å². The van der Waals surface area contributed by atoms with E-state index < -0.39 is 5.97 Å². The summed E-state index contributed by atoms with van der Waals surface area (Å²) < 4.78 is 8.18. The number of carbonyl (C=O) groups is 1. The minimum atomic E-state index is -1.00. The number of hydrogen-bond acceptors (Lipinski definition) is 3. The third kappa shape index (κ3) is 2.78. The zero-order valence-electron chi connectivity index (χ0n) is 10.6. The minimum Gasteiger partial charge on any atom is -0.486 e. The van der Waals surface area contributed by atoms with Crippen LogP contribution in [0, 0.1) is 6.92 Å². The molecule has 6 heteroatoms. The van der Waals surface area contributed by atoms with E-state index >= 15 is 0 Å². The Labute approximate surface area is 118 Å². The second-order valence-electron chi connectivity index (χ2n) is 4.06. The SMILES string of the molecule is Cc1nn(C)c(COc2ccccc2C(=O)O)c1Br. The second-order valence-corrected chi connectivity index (χ2v) is 4.85. The summed E-state index contributed by atoms with van der Waals surface area (Å²) in [5.41, 5.74) is 1.88. The highest BCUT2D eigenvalue weighted by Gasteiger charge is 2.14. The van der Waals surface area contributed by atoms with E-state index in [4.69, 9.17) is 9.84 Å². The lowest BCUT2D eigenvalue weighted by atomic mass is 10.2. The lowest BCUT2D eigenvalue weighted by molar-refractivity contribution is 0.0691. The Morgan fingerprint density at radius 2 is 2.16 bits per heavy atom. The topological polar surface area (TPSA) is 64.4 Å². The summed E-state index contributed by atoms with van der Waals surface area (Å²) in [6, 6.07) is 6.56. The van der Waals surface area contributed by atoms with Gasteiger partial charge in [0.05, 0.1) is 15.9 Å². The maximum Gasteiger partial charge on any atom is 0.339 e. The van der Waals surface area contributed by atoms with Crippen LogP contribution < -0.4 is 4.74 Å². The summed E-state index contributed by atoms with van der Waals surface area (Å²) in [6.45, 7) is 2.14. The van der Waals surface area contributed by atoms with Crippen molar-refractivity contribution in [1.82, 2.24) is 9.78 Å². The molecule has 0 amide bonds. The van der Waals surface area contributed by atoms with Gasteiger partial charge in [-0.1, -0.05) is 12.1 Å². The second kappa shape index (κ2) is 5.44. The number of carboxylic acids is 1. The van der Waals surface area contributed by atoms with Gasteiger partial charge in [-0.05, 0) is 35.0 Å². The van der Waals surface area contributed by atoms with E-state index in [0.29, 0.717) is 5.75 Å². The van der Waals surface area contributed by atoms with Gasteiger partial charge in [0, 0.05) is 7.05 Å². The van der Waals surface area contributed by atoms with Gasteiger partial charge < -0.3 is 9.84 Å². The molecule has 0 spiro atoms. The lowest BCUT2D eigenvalue weighted by Gasteiger charge is -2.09. The number of benzene rings is 1. The molecule has 0 aliphatic heterocycles. The predicted octanol–water partition coefficient (Wildman–Crippen LogP) is 2.77. The molecule has 100 valence electrons. The number of aromatic nitrogens is 2. The highest BCUT2D eigenvalue weighted by molar-refractivity contribution is 9.10. The number of rotatable bonds is 4. The van der Waals surface area contributed by atoms with Crippen LogP contribution in [0.2, 0.25) is 0 Å². The summed E-state index contributed by atoms with van der Waals surface area (Å²) in [4.78, 5) is 11.1. The van der Waals surface area contributed by atoms with Gasteiger partial charge in [0.25, 0.3) is 0 Å². The molecule has 5 nitrogen and oxygen atoms in total. The molecule has 0 unspecified atom stereocenters. The van der Waals surface area contributed by atoms with Crippen molar-refractivity contribution < 1.29 is 14.6 Å². The van der Waals surface area contributed by atoms with E-state index in [1.807, 2.05) is 14.0 Å². The molecule has 1 heterocycles. The van der Waals surface area contributed by atoms with Crippen molar-refractivity contribution in [2.75, 3.05) is 0 Å². The Balaban J connectivity index is 2.22. The van der Waals surface area contributed by atoms with Crippen molar-refractivity contribution in [3.8, 4) is 5.75 Å². The largest absolute Gasteiger partial charge is 0.486 e. The highest BCUT2D eigenvalue weighted by atomic mass is 79.9. The molecule has 2 aromatic rings. The zero-order valence-corrected chi connectivity index (χ0v) is 12.1. The van der Waals surface area contributed by atoms with Gasteiger partial charge in [-0.15, -0.1) is 0 Å². The first kappa shape index (κ1) is 13.6. The van der Waals surface area contributed by atoms with Crippen LogP contribution in [0.4, 0.5) is 0 Å². The monoisotopic (exact) mass is 324 g/mol. The molecule has 0 saturated carbocycles. The van der Waals surface area contributed by atoms with Crippen LogP contribution in [0.3, 0.4) is 0 Å². The average molecular weight is 325 g/mol. The minimum absolute atomic E-state index is 0.150. The first-order chi connectivity index (χ1) is 9.00. The van der Waals surface area contributed by atoms with Crippen molar-refractivity contribution in [1.29, 1.82) is 0 Å². The predicted molar refractivity (Wildman–Crippen MR) is 73.4 cm³/mol. The van der Waals surface area contributed by atoms with Crippen LogP contribution in [0.25, 0.3) is 0 Å². The number of aromatic carboxylic acids is 1. The van der Waals surface area contributed by atoms with E-state index in [-0.39, 0.29) is 12.2 Å². The Hall–Kier alpha value is -1.82. The number of hydrogen-bond donors (Lipinski definition) is 1.